The number of aryl methyl sites for hydroxylation is 1. The first-order valence-corrected chi connectivity index (χ1v) is 10.7. The SMILES string of the molecule is C/C(=C\Cc1oc(=O)[nH]c1O)c1cccc(OCc2nc(-c3ccc(OC(F)(F)F)cc3)oc2C)c1. The van der Waals surface area contributed by atoms with E-state index in [1.54, 1.807) is 13.0 Å². The Labute approximate surface area is 202 Å². The highest BCUT2D eigenvalue weighted by atomic mass is 19.4. The lowest BCUT2D eigenvalue weighted by Gasteiger charge is -2.08. The van der Waals surface area contributed by atoms with E-state index in [0.29, 0.717) is 22.8 Å². The highest BCUT2D eigenvalue weighted by Crippen LogP contribution is 2.28. The van der Waals surface area contributed by atoms with E-state index < -0.39 is 12.1 Å². The van der Waals surface area contributed by atoms with Crippen LogP contribution in [-0.4, -0.2) is 21.4 Å². The van der Waals surface area contributed by atoms with Crippen molar-refractivity contribution in [2.75, 3.05) is 0 Å². The van der Waals surface area contributed by atoms with Gasteiger partial charge in [-0.05, 0) is 61.4 Å². The van der Waals surface area contributed by atoms with Crippen LogP contribution in [0.15, 0.2) is 68.2 Å². The molecule has 4 aromatic rings. The van der Waals surface area contributed by atoms with Crippen LogP contribution in [0.1, 0.15) is 29.7 Å². The van der Waals surface area contributed by atoms with Gasteiger partial charge in [0.15, 0.2) is 5.76 Å². The molecule has 0 saturated carbocycles. The molecule has 0 fully saturated rings. The van der Waals surface area contributed by atoms with Crippen LogP contribution in [0.4, 0.5) is 13.2 Å². The number of benzene rings is 2. The predicted octanol–water partition coefficient (Wildman–Crippen LogP) is 5.76. The molecule has 0 unspecified atom stereocenters. The third-order valence-electron chi connectivity index (χ3n) is 5.19. The van der Waals surface area contributed by atoms with E-state index in [0.717, 1.165) is 11.1 Å². The van der Waals surface area contributed by atoms with E-state index in [1.165, 1.54) is 24.3 Å². The summed E-state index contributed by atoms with van der Waals surface area (Å²) in [5.74, 6) is 0.131. The first-order chi connectivity index (χ1) is 17.1. The molecule has 2 aromatic carbocycles. The van der Waals surface area contributed by atoms with Gasteiger partial charge in [0.2, 0.25) is 11.8 Å². The molecule has 11 heteroatoms. The van der Waals surface area contributed by atoms with Gasteiger partial charge in [0, 0.05) is 12.0 Å². The van der Waals surface area contributed by atoms with Crippen LogP contribution >= 0.6 is 0 Å². The van der Waals surface area contributed by atoms with Crippen molar-refractivity contribution in [3.63, 3.8) is 0 Å². The zero-order chi connectivity index (χ0) is 25.9. The highest BCUT2D eigenvalue weighted by molar-refractivity contribution is 5.65. The largest absolute Gasteiger partial charge is 0.573 e. The van der Waals surface area contributed by atoms with Gasteiger partial charge in [0.05, 0.1) is 0 Å². The van der Waals surface area contributed by atoms with Gasteiger partial charge in [-0.25, -0.2) is 9.78 Å². The number of aromatic amines is 1. The Hall–Kier alpha value is -4.41. The average molecular weight is 502 g/mol. The lowest BCUT2D eigenvalue weighted by molar-refractivity contribution is -0.274. The number of alkyl halides is 3. The van der Waals surface area contributed by atoms with E-state index in [-0.39, 0.29) is 36.3 Å². The minimum atomic E-state index is -4.76. The maximum absolute atomic E-state index is 12.3. The molecular formula is C25H21F3N2O6. The Kier molecular flexibility index (Phi) is 6.91. The van der Waals surface area contributed by atoms with Crippen LogP contribution in [0.5, 0.6) is 17.4 Å². The average Bonchev–Trinajstić information content (AvgIpc) is 3.36. The molecule has 0 aliphatic rings. The van der Waals surface area contributed by atoms with Crippen molar-refractivity contribution >= 4 is 5.57 Å². The van der Waals surface area contributed by atoms with Gasteiger partial charge in [-0.1, -0.05) is 18.2 Å². The number of aromatic nitrogens is 2. The molecule has 0 saturated heterocycles. The Bertz CT molecular complexity index is 1430. The second kappa shape index (κ2) is 10.1. The van der Waals surface area contributed by atoms with Crippen LogP contribution < -0.4 is 15.2 Å². The van der Waals surface area contributed by atoms with Crippen molar-refractivity contribution in [3.8, 4) is 28.8 Å². The normalized spacial score (nSPS) is 12.1. The molecule has 8 nitrogen and oxygen atoms in total. The van der Waals surface area contributed by atoms with Crippen molar-refractivity contribution in [1.82, 2.24) is 9.97 Å². The Morgan fingerprint density at radius 3 is 2.56 bits per heavy atom. The summed E-state index contributed by atoms with van der Waals surface area (Å²) in [7, 11) is 0. The molecule has 188 valence electrons. The van der Waals surface area contributed by atoms with E-state index in [1.807, 2.05) is 31.2 Å². The molecule has 0 atom stereocenters. The Morgan fingerprint density at radius 1 is 1.14 bits per heavy atom. The number of rotatable bonds is 8. The van der Waals surface area contributed by atoms with Gasteiger partial charge in [-0.15, -0.1) is 13.2 Å². The maximum Gasteiger partial charge on any atom is 0.573 e. The van der Waals surface area contributed by atoms with Gasteiger partial charge < -0.3 is 23.4 Å². The van der Waals surface area contributed by atoms with Gasteiger partial charge in [-0.3, -0.25) is 4.98 Å². The summed E-state index contributed by atoms with van der Waals surface area (Å²) in [5, 5.41) is 9.63. The number of nitrogens with one attached hydrogen (secondary N) is 1. The molecule has 0 aliphatic carbocycles. The Balaban J connectivity index is 1.41. The van der Waals surface area contributed by atoms with Crippen molar-refractivity contribution < 1.29 is 36.6 Å². The summed E-state index contributed by atoms with van der Waals surface area (Å²) in [6.07, 6.45) is -2.73. The third kappa shape index (κ3) is 6.17. The third-order valence-corrected chi connectivity index (χ3v) is 5.19. The zero-order valence-corrected chi connectivity index (χ0v) is 19.2. The molecular weight excluding hydrogens is 481 g/mol. The summed E-state index contributed by atoms with van der Waals surface area (Å²) in [4.78, 5) is 17.7. The first kappa shape index (κ1) is 24.7. The van der Waals surface area contributed by atoms with Crippen LogP contribution in [-0.2, 0) is 13.0 Å². The van der Waals surface area contributed by atoms with Crippen molar-refractivity contribution in [3.05, 3.63) is 87.9 Å². The fraction of sp³-hybridized carbons (Fsp3) is 0.200. The van der Waals surface area contributed by atoms with Crippen LogP contribution in [0, 0.1) is 6.92 Å². The quantitative estimate of drug-likeness (QED) is 0.315. The molecule has 0 bridgehead atoms. The second-order valence-electron chi connectivity index (χ2n) is 7.79. The molecule has 0 amide bonds. The van der Waals surface area contributed by atoms with Gasteiger partial charge >= 0.3 is 12.1 Å². The van der Waals surface area contributed by atoms with Gasteiger partial charge in [0.1, 0.15) is 29.6 Å². The smallest absolute Gasteiger partial charge is 0.492 e. The Morgan fingerprint density at radius 2 is 1.89 bits per heavy atom. The summed E-state index contributed by atoms with van der Waals surface area (Å²) in [5.41, 5.74) is 2.77. The predicted molar refractivity (Wildman–Crippen MR) is 122 cm³/mol. The monoisotopic (exact) mass is 502 g/mol. The minimum Gasteiger partial charge on any atom is -0.492 e. The number of ether oxygens (including phenoxy) is 2. The fourth-order valence-electron chi connectivity index (χ4n) is 3.32. The number of hydrogen-bond acceptors (Lipinski definition) is 7. The van der Waals surface area contributed by atoms with Crippen LogP contribution in [0.3, 0.4) is 0 Å². The van der Waals surface area contributed by atoms with E-state index in [9.17, 15) is 23.1 Å². The number of oxazole rings is 2. The topological polar surface area (TPSA) is 111 Å². The maximum atomic E-state index is 12.3. The molecule has 2 heterocycles. The molecule has 0 radical (unpaired) electrons. The minimum absolute atomic E-state index is 0.110. The summed E-state index contributed by atoms with van der Waals surface area (Å²) >= 11 is 0. The van der Waals surface area contributed by atoms with Gasteiger partial charge in [-0.2, -0.15) is 0 Å². The van der Waals surface area contributed by atoms with Crippen molar-refractivity contribution in [1.29, 1.82) is 0 Å². The molecule has 2 aromatic heterocycles. The van der Waals surface area contributed by atoms with E-state index in [2.05, 4.69) is 14.7 Å². The van der Waals surface area contributed by atoms with E-state index >= 15 is 0 Å². The fourth-order valence-corrected chi connectivity index (χ4v) is 3.32. The van der Waals surface area contributed by atoms with Gasteiger partial charge in [0.25, 0.3) is 0 Å². The second-order valence-corrected chi connectivity index (χ2v) is 7.79. The number of H-pyrrole nitrogens is 1. The van der Waals surface area contributed by atoms with Crippen LogP contribution in [0.25, 0.3) is 17.0 Å². The number of nitrogens with zero attached hydrogens (tertiary/aromatic N) is 1. The first-order valence-electron chi connectivity index (χ1n) is 10.7. The summed E-state index contributed by atoms with van der Waals surface area (Å²) in [6.45, 7) is 3.70. The molecule has 0 aliphatic heterocycles. The van der Waals surface area contributed by atoms with Crippen molar-refractivity contribution in [2.24, 2.45) is 0 Å². The van der Waals surface area contributed by atoms with Crippen molar-refractivity contribution in [2.45, 2.75) is 33.2 Å². The lowest BCUT2D eigenvalue weighted by Crippen LogP contribution is -2.16. The number of halogens is 3. The standard InChI is InChI=1S/C25H21F3N2O6/c1-14(6-11-21-22(31)30-24(32)35-21)17-4-3-5-19(12-17)33-13-20-15(2)34-23(29-20)16-7-9-18(10-8-16)36-25(26,27)28/h3-10,12,31H,11,13H2,1-2H3,(H,30,32)/b14-6+. The van der Waals surface area contributed by atoms with Crippen LogP contribution in [0.2, 0.25) is 0 Å². The van der Waals surface area contributed by atoms with E-state index in [4.69, 9.17) is 13.6 Å². The number of aromatic hydroxyl groups is 1. The molecule has 36 heavy (non-hydrogen) atoms. The molecule has 4 rings (SSSR count). The lowest BCUT2D eigenvalue weighted by atomic mass is 10.1. The summed E-state index contributed by atoms with van der Waals surface area (Å²) in [6, 6.07) is 12.5. The number of hydrogen-bond donors (Lipinski definition) is 2. The molecule has 0 spiro atoms. The number of allylic oxidation sites excluding steroid dienone is 2. The highest BCUT2D eigenvalue weighted by Gasteiger charge is 2.31. The zero-order valence-electron chi connectivity index (χ0n) is 19.2. The summed E-state index contributed by atoms with van der Waals surface area (Å²) < 4.78 is 57.3. The molecule has 2 N–H and O–H groups in total.